The summed E-state index contributed by atoms with van der Waals surface area (Å²) >= 11 is 5.92. The molecule has 1 aromatic rings. The molecule has 0 aliphatic carbocycles. The quantitative estimate of drug-likeness (QED) is 0.810. The predicted molar refractivity (Wildman–Crippen MR) is 76.0 cm³/mol. The first-order valence-corrected chi connectivity index (χ1v) is 6.26. The highest BCUT2D eigenvalue weighted by Crippen LogP contribution is 2.28. The Hall–Kier alpha value is -1.70. The minimum atomic E-state index is -0.660. The van der Waals surface area contributed by atoms with E-state index >= 15 is 0 Å². The van der Waals surface area contributed by atoms with Crippen molar-refractivity contribution in [2.75, 3.05) is 6.54 Å². The van der Waals surface area contributed by atoms with Crippen LogP contribution in [0.3, 0.4) is 0 Å². The molecule has 4 nitrogen and oxygen atoms in total. The van der Waals surface area contributed by atoms with Gasteiger partial charge in [0.2, 0.25) is 0 Å². The van der Waals surface area contributed by atoms with Crippen LogP contribution in [-0.4, -0.2) is 18.6 Å². The largest absolute Gasteiger partial charge is 0.481 e. The van der Waals surface area contributed by atoms with Gasteiger partial charge in [-0.1, -0.05) is 17.5 Å². The van der Waals surface area contributed by atoms with Crippen LogP contribution in [0.25, 0.3) is 0 Å². The van der Waals surface area contributed by atoms with Gasteiger partial charge in [0.1, 0.15) is 5.75 Å². The Bertz CT molecular complexity index is 495. The van der Waals surface area contributed by atoms with E-state index in [4.69, 9.17) is 28.5 Å². The number of rotatable bonds is 5. The summed E-state index contributed by atoms with van der Waals surface area (Å²) in [5.74, 6) is 2.60. The molecule has 0 aliphatic heterocycles. The van der Waals surface area contributed by atoms with Crippen LogP contribution in [-0.2, 0) is 4.79 Å². The fourth-order valence-electron chi connectivity index (χ4n) is 1.51. The van der Waals surface area contributed by atoms with Crippen LogP contribution in [0.4, 0.5) is 0 Å². The molecule has 102 valence electrons. The number of hydrogen-bond donors (Lipinski definition) is 2. The zero-order chi connectivity index (χ0) is 14.4. The molecule has 0 aliphatic rings. The van der Waals surface area contributed by atoms with Gasteiger partial charge in [0, 0.05) is 16.6 Å². The predicted octanol–water partition coefficient (Wildman–Crippen LogP) is 1.88. The van der Waals surface area contributed by atoms with E-state index in [1.54, 1.807) is 25.1 Å². The highest BCUT2D eigenvalue weighted by atomic mass is 35.5. The van der Waals surface area contributed by atoms with Crippen LogP contribution in [0.1, 0.15) is 25.5 Å². The molecule has 0 saturated carbocycles. The van der Waals surface area contributed by atoms with Gasteiger partial charge in [-0.2, -0.15) is 0 Å². The first kappa shape index (κ1) is 15.4. The van der Waals surface area contributed by atoms with Gasteiger partial charge in [-0.05, 0) is 32.0 Å². The smallest absolute Gasteiger partial charge is 0.261 e. The van der Waals surface area contributed by atoms with Gasteiger partial charge in [-0.25, -0.2) is 0 Å². The number of nitrogens with two attached hydrogens (primary N) is 1. The van der Waals surface area contributed by atoms with Gasteiger partial charge in [0.15, 0.2) is 6.10 Å². The molecule has 1 unspecified atom stereocenters. The Morgan fingerprint density at radius 2 is 2.26 bits per heavy atom. The number of carbonyl (C=O) groups is 1. The standard InChI is InChI=1S/C14H17ClN2O2/c1-4-7-17-14(18)10(3)19-13-6-5-11(15)8-12(13)9(2)16/h1,5-6,8-10H,7,16H2,2-3H3,(H,17,18)/t9-,10?/m1/s1. The molecule has 2 atom stereocenters. The third kappa shape index (κ3) is 4.47. The van der Waals surface area contributed by atoms with E-state index in [9.17, 15) is 4.79 Å². The second-order valence-corrected chi connectivity index (χ2v) is 4.59. The second-order valence-electron chi connectivity index (χ2n) is 4.15. The van der Waals surface area contributed by atoms with Gasteiger partial charge in [-0.3, -0.25) is 4.79 Å². The third-order valence-electron chi connectivity index (χ3n) is 2.50. The van der Waals surface area contributed by atoms with Crippen molar-refractivity contribution in [2.24, 2.45) is 5.73 Å². The topological polar surface area (TPSA) is 64.3 Å². The highest BCUT2D eigenvalue weighted by molar-refractivity contribution is 6.30. The number of ether oxygens (including phenoxy) is 1. The molecule has 0 aromatic heterocycles. The van der Waals surface area contributed by atoms with Gasteiger partial charge in [-0.15, -0.1) is 6.42 Å². The molecule has 5 heteroatoms. The summed E-state index contributed by atoms with van der Waals surface area (Å²) in [7, 11) is 0. The number of nitrogens with one attached hydrogen (secondary N) is 1. The van der Waals surface area contributed by atoms with E-state index in [0.717, 1.165) is 5.56 Å². The molecule has 1 rings (SSSR count). The summed E-state index contributed by atoms with van der Waals surface area (Å²) in [4.78, 5) is 11.7. The molecular weight excluding hydrogens is 264 g/mol. The van der Waals surface area contributed by atoms with E-state index in [-0.39, 0.29) is 18.5 Å². The molecule has 0 heterocycles. The van der Waals surface area contributed by atoms with Crippen molar-refractivity contribution < 1.29 is 9.53 Å². The summed E-state index contributed by atoms with van der Waals surface area (Å²) in [6.45, 7) is 3.64. The normalized spacial score (nSPS) is 13.2. The lowest BCUT2D eigenvalue weighted by Gasteiger charge is -2.18. The van der Waals surface area contributed by atoms with Gasteiger partial charge >= 0.3 is 0 Å². The molecule has 0 fully saturated rings. The van der Waals surface area contributed by atoms with Gasteiger partial charge < -0.3 is 15.8 Å². The highest BCUT2D eigenvalue weighted by Gasteiger charge is 2.17. The average Bonchev–Trinajstić information content (AvgIpc) is 2.37. The number of amides is 1. The van der Waals surface area contributed by atoms with Crippen molar-refractivity contribution in [3.05, 3.63) is 28.8 Å². The maximum absolute atomic E-state index is 11.7. The zero-order valence-electron chi connectivity index (χ0n) is 10.9. The minimum absolute atomic E-state index is 0.174. The first-order chi connectivity index (χ1) is 8.95. The fourth-order valence-corrected chi connectivity index (χ4v) is 1.69. The third-order valence-corrected chi connectivity index (χ3v) is 2.74. The Labute approximate surface area is 118 Å². The van der Waals surface area contributed by atoms with Crippen LogP contribution in [0.2, 0.25) is 5.02 Å². The van der Waals surface area contributed by atoms with Crippen LogP contribution >= 0.6 is 11.6 Å². The Morgan fingerprint density at radius 1 is 1.58 bits per heavy atom. The van der Waals surface area contributed by atoms with E-state index in [1.807, 2.05) is 6.92 Å². The summed E-state index contributed by atoms with van der Waals surface area (Å²) in [5.41, 5.74) is 6.60. The molecule has 0 spiro atoms. The van der Waals surface area contributed by atoms with Crippen molar-refractivity contribution in [2.45, 2.75) is 26.0 Å². The van der Waals surface area contributed by atoms with E-state index in [2.05, 4.69) is 11.2 Å². The molecule has 0 bridgehead atoms. The van der Waals surface area contributed by atoms with Crippen LogP contribution in [0, 0.1) is 12.3 Å². The molecule has 19 heavy (non-hydrogen) atoms. The first-order valence-electron chi connectivity index (χ1n) is 5.88. The summed E-state index contributed by atoms with van der Waals surface area (Å²) in [5, 5.41) is 3.13. The van der Waals surface area contributed by atoms with E-state index < -0.39 is 6.10 Å². The van der Waals surface area contributed by atoms with Crippen molar-refractivity contribution in [1.82, 2.24) is 5.32 Å². The number of terminal acetylenes is 1. The molecule has 1 aromatic carbocycles. The lowest BCUT2D eigenvalue weighted by molar-refractivity contribution is -0.127. The number of hydrogen-bond acceptors (Lipinski definition) is 3. The summed E-state index contributed by atoms with van der Waals surface area (Å²) in [6.07, 6.45) is 4.41. The SMILES string of the molecule is C#CCNC(=O)C(C)Oc1ccc(Cl)cc1[C@@H](C)N. The van der Waals surface area contributed by atoms with Gasteiger partial charge in [0.05, 0.1) is 6.54 Å². The fraction of sp³-hybridized carbons (Fsp3) is 0.357. The molecule has 0 saturated heterocycles. The Morgan fingerprint density at radius 3 is 2.84 bits per heavy atom. The van der Waals surface area contributed by atoms with Crippen molar-refractivity contribution in [3.8, 4) is 18.1 Å². The van der Waals surface area contributed by atoms with Crippen LogP contribution < -0.4 is 15.8 Å². The second kappa shape index (κ2) is 7.03. The monoisotopic (exact) mass is 280 g/mol. The van der Waals surface area contributed by atoms with Crippen molar-refractivity contribution in [3.63, 3.8) is 0 Å². The zero-order valence-corrected chi connectivity index (χ0v) is 11.7. The average molecular weight is 281 g/mol. The number of carbonyl (C=O) groups excluding carboxylic acids is 1. The van der Waals surface area contributed by atoms with E-state index in [1.165, 1.54) is 0 Å². The molecule has 1 amide bonds. The van der Waals surface area contributed by atoms with E-state index in [0.29, 0.717) is 10.8 Å². The number of halogens is 1. The Kier molecular flexibility index (Phi) is 5.68. The lowest BCUT2D eigenvalue weighted by Crippen LogP contribution is -2.36. The molecule has 0 radical (unpaired) electrons. The van der Waals surface area contributed by atoms with Crippen molar-refractivity contribution >= 4 is 17.5 Å². The molecular formula is C14H17ClN2O2. The minimum Gasteiger partial charge on any atom is -0.481 e. The maximum Gasteiger partial charge on any atom is 0.261 e. The number of benzene rings is 1. The summed E-state index contributed by atoms with van der Waals surface area (Å²) < 4.78 is 5.60. The Balaban J connectivity index is 2.82. The summed E-state index contributed by atoms with van der Waals surface area (Å²) in [6, 6.07) is 4.88. The van der Waals surface area contributed by atoms with Crippen molar-refractivity contribution in [1.29, 1.82) is 0 Å². The van der Waals surface area contributed by atoms with Crippen LogP contribution in [0.15, 0.2) is 18.2 Å². The molecule has 3 N–H and O–H groups in total. The van der Waals surface area contributed by atoms with Gasteiger partial charge in [0.25, 0.3) is 5.91 Å². The maximum atomic E-state index is 11.7. The lowest BCUT2D eigenvalue weighted by atomic mass is 10.1. The van der Waals surface area contributed by atoms with Crippen LogP contribution in [0.5, 0.6) is 5.75 Å².